The number of ether oxygens (including phenoxy) is 1. The van der Waals surface area contributed by atoms with E-state index >= 15 is 0 Å². The number of amidine groups is 2. The van der Waals surface area contributed by atoms with Gasteiger partial charge in [-0.2, -0.15) is 5.10 Å². The number of esters is 1. The van der Waals surface area contributed by atoms with Gasteiger partial charge < -0.3 is 9.64 Å². The molecule has 2 aliphatic heterocycles. The van der Waals surface area contributed by atoms with Crippen LogP contribution in [0, 0.1) is 6.92 Å². The third-order valence-corrected chi connectivity index (χ3v) is 5.25. The molecule has 0 unspecified atom stereocenters. The number of aliphatic imine (C=N–C) groups is 2. The van der Waals surface area contributed by atoms with E-state index in [1.165, 1.54) is 24.4 Å². The van der Waals surface area contributed by atoms with E-state index in [9.17, 15) is 4.79 Å². The Morgan fingerprint density at radius 3 is 2.88 bits per heavy atom. The van der Waals surface area contributed by atoms with E-state index in [1.54, 1.807) is 0 Å². The van der Waals surface area contributed by atoms with Crippen molar-refractivity contribution in [3.63, 3.8) is 0 Å². The topological polar surface area (TPSA) is 72.1 Å². The average molecular weight is 369 g/mol. The maximum absolute atomic E-state index is 11.6. The molecule has 1 aromatic carbocycles. The van der Waals surface area contributed by atoms with E-state index in [0.717, 1.165) is 47.6 Å². The number of carbonyl (C=O) groups is 1. The second kappa shape index (κ2) is 6.95. The number of methoxy groups -OCH3 is 1. The number of thioether (sulfide) groups is 1. The van der Waals surface area contributed by atoms with Crippen LogP contribution in [0.25, 0.3) is 5.69 Å². The summed E-state index contributed by atoms with van der Waals surface area (Å²) in [6.07, 6.45) is 2.78. The number of carbonyl (C=O) groups excluding carboxylic acids is 1. The first-order valence-electron chi connectivity index (χ1n) is 8.43. The van der Waals surface area contributed by atoms with Gasteiger partial charge in [0.2, 0.25) is 0 Å². The van der Waals surface area contributed by atoms with Crippen molar-refractivity contribution >= 4 is 34.6 Å². The van der Waals surface area contributed by atoms with Crippen LogP contribution in [0.1, 0.15) is 17.5 Å². The minimum Gasteiger partial charge on any atom is -0.468 e. The molecule has 0 saturated carbocycles. The predicted molar refractivity (Wildman–Crippen MR) is 103 cm³/mol. The van der Waals surface area contributed by atoms with Crippen LogP contribution < -0.4 is 0 Å². The Kier molecular flexibility index (Phi) is 4.50. The van der Waals surface area contributed by atoms with Crippen LogP contribution in [0.3, 0.4) is 0 Å². The van der Waals surface area contributed by atoms with Crippen LogP contribution in [-0.2, 0) is 9.53 Å². The average Bonchev–Trinajstić information content (AvgIpc) is 3.10. The molecular formula is C18H19N5O2S. The fourth-order valence-corrected chi connectivity index (χ4v) is 3.80. The number of hydrogen-bond donors (Lipinski definition) is 0. The van der Waals surface area contributed by atoms with Crippen molar-refractivity contribution in [1.82, 2.24) is 14.7 Å². The standard InChI is InChI=1S/C18H19N5O2S/c1-12-4-6-13(7-5-12)23-17-14(10-20-23)16-19-8-3-9-22(16)18(21-17)26-11-15(24)25-2/h4-7,10H,3,8-9,11H2,1-2H3. The highest BCUT2D eigenvalue weighted by atomic mass is 32.2. The fourth-order valence-electron chi connectivity index (χ4n) is 2.95. The lowest BCUT2D eigenvalue weighted by atomic mass is 10.2. The molecule has 0 atom stereocenters. The highest BCUT2D eigenvalue weighted by molar-refractivity contribution is 8.14. The van der Waals surface area contributed by atoms with Crippen LogP contribution in [0.2, 0.25) is 0 Å². The Bertz CT molecular complexity index is 901. The summed E-state index contributed by atoms with van der Waals surface area (Å²) in [5.41, 5.74) is 3.06. The number of benzene rings is 1. The minimum absolute atomic E-state index is 0.215. The Labute approximate surface area is 155 Å². The molecular weight excluding hydrogens is 350 g/mol. The molecule has 3 heterocycles. The van der Waals surface area contributed by atoms with Gasteiger partial charge in [-0.05, 0) is 25.5 Å². The molecule has 0 amide bonds. The number of nitrogens with zero attached hydrogens (tertiary/aromatic N) is 5. The third-order valence-electron chi connectivity index (χ3n) is 4.30. The molecule has 134 valence electrons. The zero-order valence-electron chi connectivity index (χ0n) is 14.7. The lowest BCUT2D eigenvalue weighted by Crippen LogP contribution is -2.42. The van der Waals surface area contributed by atoms with E-state index in [1.807, 2.05) is 35.1 Å². The van der Waals surface area contributed by atoms with Crippen molar-refractivity contribution in [2.75, 3.05) is 26.0 Å². The molecule has 0 bridgehead atoms. The van der Waals surface area contributed by atoms with E-state index < -0.39 is 0 Å². The van der Waals surface area contributed by atoms with Gasteiger partial charge in [-0.15, -0.1) is 0 Å². The largest absolute Gasteiger partial charge is 0.468 e. The second-order valence-electron chi connectivity index (χ2n) is 6.10. The maximum atomic E-state index is 11.6. The first-order valence-corrected chi connectivity index (χ1v) is 9.41. The number of aryl methyl sites for hydroxylation is 1. The molecule has 2 aromatic rings. The highest BCUT2D eigenvalue weighted by Gasteiger charge is 2.31. The zero-order valence-corrected chi connectivity index (χ0v) is 15.5. The van der Waals surface area contributed by atoms with Crippen LogP contribution in [-0.4, -0.2) is 57.6 Å². The van der Waals surface area contributed by atoms with Crippen molar-refractivity contribution < 1.29 is 9.53 Å². The van der Waals surface area contributed by atoms with E-state index in [2.05, 4.69) is 16.9 Å². The van der Waals surface area contributed by atoms with E-state index in [-0.39, 0.29) is 11.7 Å². The molecule has 0 spiro atoms. The van der Waals surface area contributed by atoms with Crippen LogP contribution >= 0.6 is 11.8 Å². The van der Waals surface area contributed by atoms with Gasteiger partial charge in [0, 0.05) is 13.1 Å². The lowest BCUT2D eigenvalue weighted by molar-refractivity contribution is -0.137. The monoisotopic (exact) mass is 369 g/mol. The summed E-state index contributed by atoms with van der Waals surface area (Å²) in [5.74, 6) is 1.57. The van der Waals surface area contributed by atoms with Crippen LogP contribution in [0.4, 0.5) is 5.82 Å². The number of fused-ring (bicyclic) bond motifs is 3. The number of hydrogen-bond acceptors (Lipinski definition) is 7. The summed E-state index contributed by atoms with van der Waals surface area (Å²) in [6.45, 7) is 3.67. The molecule has 1 aromatic heterocycles. The third kappa shape index (κ3) is 3.01. The maximum Gasteiger partial charge on any atom is 0.316 e. The number of aromatic nitrogens is 2. The molecule has 2 aliphatic rings. The summed E-state index contributed by atoms with van der Waals surface area (Å²) >= 11 is 1.37. The van der Waals surface area contributed by atoms with Crippen molar-refractivity contribution in [2.24, 2.45) is 9.98 Å². The molecule has 8 heteroatoms. The Balaban J connectivity index is 1.76. The SMILES string of the molecule is COC(=O)CSC1=Nc2c(cnn2-c2ccc(C)cc2)C2=NCCCN12. The van der Waals surface area contributed by atoms with Gasteiger partial charge in [0.25, 0.3) is 0 Å². The quantitative estimate of drug-likeness (QED) is 0.778. The normalized spacial score (nSPS) is 15.7. The molecule has 4 rings (SSSR count). The van der Waals surface area contributed by atoms with Gasteiger partial charge in [0.05, 0.1) is 30.3 Å². The van der Waals surface area contributed by atoms with Crippen molar-refractivity contribution in [2.45, 2.75) is 13.3 Å². The minimum atomic E-state index is -0.272. The van der Waals surface area contributed by atoms with Gasteiger partial charge in [-0.3, -0.25) is 9.79 Å². The summed E-state index contributed by atoms with van der Waals surface area (Å²) in [6, 6.07) is 8.14. The van der Waals surface area contributed by atoms with Crippen LogP contribution in [0.15, 0.2) is 40.4 Å². The van der Waals surface area contributed by atoms with Gasteiger partial charge in [0.1, 0.15) is 5.84 Å². The van der Waals surface area contributed by atoms with Crippen LogP contribution in [0.5, 0.6) is 0 Å². The van der Waals surface area contributed by atoms with Gasteiger partial charge in [-0.25, -0.2) is 9.67 Å². The predicted octanol–water partition coefficient (Wildman–Crippen LogP) is 2.54. The Hall–Kier alpha value is -2.61. The Morgan fingerprint density at radius 1 is 1.31 bits per heavy atom. The lowest BCUT2D eigenvalue weighted by Gasteiger charge is -2.32. The van der Waals surface area contributed by atoms with Gasteiger partial charge in [0.15, 0.2) is 11.0 Å². The smallest absolute Gasteiger partial charge is 0.316 e. The summed E-state index contributed by atoms with van der Waals surface area (Å²) in [5, 5.41) is 5.30. The summed E-state index contributed by atoms with van der Waals surface area (Å²) in [7, 11) is 1.39. The van der Waals surface area contributed by atoms with E-state index in [0.29, 0.717) is 0 Å². The van der Waals surface area contributed by atoms with Crippen molar-refractivity contribution in [3.8, 4) is 5.69 Å². The zero-order chi connectivity index (χ0) is 18.1. The van der Waals surface area contributed by atoms with Crippen molar-refractivity contribution in [1.29, 1.82) is 0 Å². The molecule has 7 nitrogen and oxygen atoms in total. The van der Waals surface area contributed by atoms with E-state index in [4.69, 9.17) is 14.7 Å². The molecule has 0 aliphatic carbocycles. The highest BCUT2D eigenvalue weighted by Crippen LogP contribution is 2.33. The molecule has 0 N–H and O–H groups in total. The Morgan fingerprint density at radius 2 is 2.12 bits per heavy atom. The van der Waals surface area contributed by atoms with Gasteiger partial charge >= 0.3 is 5.97 Å². The first-order chi connectivity index (χ1) is 12.7. The molecule has 0 fully saturated rings. The number of rotatable bonds is 3. The molecule has 0 radical (unpaired) electrons. The van der Waals surface area contributed by atoms with Crippen molar-refractivity contribution in [3.05, 3.63) is 41.6 Å². The van der Waals surface area contributed by atoms with Gasteiger partial charge in [-0.1, -0.05) is 29.5 Å². The molecule has 0 saturated heterocycles. The summed E-state index contributed by atoms with van der Waals surface area (Å²) < 4.78 is 6.58. The molecule has 26 heavy (non-hydrogen) atoms. The second-order valence-corrected chi connectivity index (χ2v) is 7.04. The fraction of sp³-hybridized carbons (Fsp3) is 0.333. The summed E-state index contributed by atoms with van der Waals surface area (Å²) in [4.78, 5) is 23.1. The first kappa shape index (κ1) is 16.8.